The summed E-state index contributed by atoms with van der Waals surface area (Å²) in [6.45, 7) is 2.32. The van der Waals surface area contributed by atoms with E-state index >= 15 is 0 Å². The minimum atomic E-state index is 1.04. The van der Waals surface area contributed by atoms with E-state index in [4.69, 9.17) is 0 Å². The van der Waals surface area contributed by atoms with E-state index < -0.39 is 0 Å². The van der Waals surface area contributed by atoms with Crippen molar-refractivity contribution < 1.29 is 0 Å². The van der Waals surface area contributed by atoms with Gasteiger partial charge in [-0.15, -0.1) is 0 Å². The first-order chi connectivity index (χ1) is 6.43. The van der Waals surface area contributed by atoms with E-state index in [2.05, 4.69) is 6.92 Å². The highest BCUT2D eigenvalue weighted by Crippen LogP contribution is 2.29. The van der Waals surface area contributed by atoms with Crippen molar-refractivity contribution in [3.63, 3.8) is 0 Å². The molecule has 13 heavy (non-hydrogen) atoms. The van der Waals surface area contributed by atoms with Crippen molar-refractivity contribution in [3.8, 4) is 0 Å². The van der Waals surface area contributed by atoms with Gasteiger partial charge in [0.2, 0.25) is 0 Å². The van der Waals surface area contributed by atoms with Crippen LogP contribution < -0.4 is 0 Å². The van der Waals surface area contributed by atoms with Crippen LogP contribution in [0.4, 0.5) is 0 Å². The van der Waals surface area contributed by atoms with E-state index in [1.165, 1.54) is 63.9 Å². The maximum absolute atomic E-state index is 2.32. The summed E-state index contributed by atoms with van der Waals surface area (Å²) in [7, 11) is 1.72. The second kappa shape index (κ2) is 7.80. The number of hydrogen-bond donors (Lipinski definition) is 0. The van der Waals surface area contributed by atoms with Crippen LogP contribution in [-0.4, -0.2) is 11.8 Å². The normalized spacial score (nSPS) is 23.8. The van der Waals surface area contributed by atoms with Gasteiger partial charge in [0.05, 0.1) is 0 Å². The first-order valence-electron chi connectivity index (χ1n) is 6.10. The van der Waals surface area contributed by atoms with E-state index in [1.807, 2.05) is 0 Å². The monoisotopic (exact) mass is 199 g/mol. The fourth-order valence-electron chi connectivity index (χ4n) is 2.23. The summed E-state index contributed by atoms with van der Waals surface area (Å²) in [6.07, 6.45) is 14.9. The highest BCUT2D eigenvalue weighted by Gasteiger charge is 2.08. The predicted molar refractivity (Wildman–Crippen MR) is 62.8 cm³/mol. The molecule has 1 radical (unpaired) electrons. The zero-order valence-electron chi connectivity index (χ0n) is 9.10. The Labute approximate surface area is 85.7 Å². The van der Waals surface area contributed by atoms with Crippen molar-refractivity contribution in [3.05, 3.63) is 0 Å². The average molecular weight is 199 g/mol. The largest absolute Gasteiger partial charge is 0.0778 e. The minimum Gasteiger partial charge on any atom is -0.0778 e. The molecule has 0 heterocycles. The lowest BCUT2D eigenvalue weighted by atomic mass is 10.0. The van der Waals surface area contributed by atoms with Gasteiger partial charge in [0, 0.05) is 0 Å². The third kappa shape index (κ3) is 5.68. The van der Waals surface area contributed by atoms with Crippen LogP contribution in [0.3, 0.4) is 0 Å². The maximum Gasteiger partial charge on any atom is -0.0170 e. The molecule has 0 aromatic rings. The standard InChI is InChI=1S/C12H24P/c1-2-13-12-10-8-6-4-3-5-7-9-11-12/h12H,2-11H2,1H3. The molecule has 0 spiro atoms. The number of rotatable bonds is 2. The molecule has 1 aliphatic rings. The van der Waals surface area contributed by atoms with Crippen LogP contribution in [0, 0.1) is 0 Å². The molecular weight excluding hydrogens is 175 g/mol. The highest BCUT2D eigenvalue weighted by atomic mass is 31.1. The Morgan fingerprint density at radius 2 is 1.31 bits per heavy atom. The van der Waals surface area contributed by atoms with Gasteiger partial charge in [-0.1, -0.05) is 60.5 Å². The second-order valence-electron chi connectivity index (χ2n) is 4.20. The van der Waals surface area contributed by atoms with Gasteiger partial charge in [-0.2, -0.15) is 0 Å². The van der Waals surface area contributed by atoms with Gasteiger partial charge in [0.1, 0.15) is 0 Å². The Morgan fingerprint density at radius 1 is 0.846 bits per heavy atom. The van der Waals surface area contributed by atoms with Crippen molar-refractivity contribution in [2.24, 2.45) is 0 Å². The zero-order valence-corrected chi connectivity index (χ0v) is 9.99. The van der Waals surface area contributed by atoms with Gasteiger partial charge in [0.25, 0.3) is 0 Å². The van der Waals surface area contributed by atoms with Crippen LogP contribution in [0.25, 0.3) is 0 Å². The summed E-state index contributed by atoms with van der Waals surface area (Å²) >= 11 is 0. The lowest BCUT2D eigenvalue weighted by molar-refractivity contribution is 0.509. The third-order valence-corrected chi connectivity index (χ3v) is 4.41. The topological polar surface area (TPSA) is 0 Å². The molecule has 0 nitrogen and oxygen atoms in total. The predicted octanol–water partition coefficient (Wildman–Crippen LogP) is 4.85. The van der Waals surface area contributed by atoms with E-state index in [0.29, 0.717) is 0 Å². The molecular formula is C12H24P. The lowest BCUT2D eigenvalue weighted by Gasteiger charge is -2.16. The fourth-order valence-corrected chi connectivity index (χ4v) is 3.48. The Balaban J connectivity index is 2.18. The fraction of sp³-hybridized carbons (Fsp3) is 1.00. The maximum atomic E-state index is 2.32. The molecule has 0 aromatic heterocycles. The van der Waals surface area contributed by atoms with Gasteiger partial charge in [-0.05, 0) is 24.7 Å². The van der Waals surface area contributed by atoms with Crippen LogP contribution >= 0.6 is 8.58 Å². The lowest BCUT2D eigenvalue weighted by Crippen LogP contribution is -2.02. The highest BCUT2D eigenvalue weighted by molar-refractivity contribution is 7.38. The first-order valence-corrected chi connectivity index (χ1v) is 7.25. The first kappa shape index (κ1) is 11.5. The van der Waals surface area contributed by atoms with E-state index in [1.54, 1.807) is 8.58 Å². The zero-order chi connectivity index (χ0) is 9.36. The summed E-state index contributed by atoms with van der Waals surface area (Å²) in [6, 6.07) is 0. The van der Waals surface area contributed by atoms with Crippen LogP contribution in [0.1, 0.15) is 64.7 Å². The molecule has 0 bridgehead atoms. The molecule has 1 aliphatic carbocycles. The summed E-state index contributed by atoms with van der Waals surface area (Å²) in [5.41, 5.74) is 1.04. The summed E-state index contributed by atoms with van der Waals surface area (Å²) in [5.74, 6) is 0. The third-order valence-electron chi connectivity index (χ3n) is 3.02. The van der Waals surface area contributed by atoms with Crippen molar-refractivity contribution in [1.29, 1.82) is 0 Å². The van der Waals surface area contributed by atoms with Crippen LogP contribution in [-0.2, 0) is 0 Å². The molecule has 0 N–H and O–H groups in total. The molecule has 1 fully saturated rings. The van der Waals surface area contributed by atoms with Crippen LogP contribution in [0.15, 0.2) is 0 Å². The van der Waals surface area contributed by atoms with Gasteiger partial charge in [-0.25, -0.2) is 0 Å². The number of hydrogen-bond acceptors (Lipinski definition) is 0. The summed E-state index contributed by atoms with van der Waals surface area (Å²) in [4.78, 5) is 0. The van der Waals surface area contributed by atoms with E-state index in [-0.39, 0.29) is 0 Å². The molecule has 1 rings (SSSR count). The van der Waals surface area contributed by atoms with E-state index in [9.17, 15) is 0 Å². The van der Waals surface area contributed by atoms with Crippen molar-refractivity contribution in [1.82, 2.24) is 0 Å². The quantitative estimate of drug-likeness (QED) is 0.558. The molecule has 0 atom stereocenters. The Morgan fingerprint density at radius 3 is 1.77 bits per heavy atom. The van der Waals surface area contributed by atoms with E-state index in [0.717, 1.165) is 5.66 Å². The van der Waals surface area contributed by atoms with Gasteiger partial charge in [0.15, 0.2) is 0 Å². The van der Waals surface area contributed by atoms with Crippen molar-refractivity contribution in [2.45, 2.75) is 70.4 Å². The SMILES string of the molecule is CC[P]C1CCCCCCCCC1. The Kier molecular flexibility index (Phi) is 6.90. The van der Waals surface area contributed by atoms with Gasteiger partial charge >= 0.3 is 0 Å². The van der Waals surface area contributed by atoms with Crippen LogP contribution in [0.2, 0.25) is 0 Å². The molecule has 77 valence electrons. The average Bonchev–Trinajstić information content (AvgIpc) is 2.16. The smallest absolute Gasteiger partial charge is 0.0170 e. The minimum absolute atomic E-state index is 1.04. The molecule has 0 amide bonds. The Bertz CT molecular complexity index is 102. The summed E-state index contributed by atoms with van der Waals surface area (Å²) < 4.78 is 0. The summed E-state index contributed by atoms with van der Waals surface area (Å²) in [5, 5.41) is 0. The van der Waals surface area contributed by atoms with Crippen LogP contribution in [0.5, 0.6) is 0 Å². The van der Waals surface area contributed by atoms with Gasteiger partial charge < -0.3 is 0 Å². The van der Waals surface area contributed by atoms with Crippen molar-refractivity contribution in [2.75, 3.05) is 6.16 Å². The molecule has 0 aromatic carbocycles. The molecule has 0 unspecified atom stereocenters. The molecule has 0 saturated heterocycles. The van der Waals surface area contributed by atoms with Crippen molar-refractivity contribution >= 4 is 8.58 Å². The van der Waals surface area contributed by atoms with Gasteiger partial charge in [-0.3, -0.25) is 0 Å². The Hall–Kier alpha value is 0.430. The molecule has 0 aliphatic heterocycles. The molecule has 1 saturated carbocycles. The molecule has 1 heteroatoms. The second-order valence-corrected chi connectivity index (χ2v) is 5.93.